The number of anilines is 1. The molecular formula is C15H22N4O. The van der Waals surface area contributed by atoms with Crippen LogP contribution in [0.15, 0.2) is 6.20 Å². The Kier molecular flexibility index (Phi) is 2.44. The summed E-state index contributed by atoms with van der Waals surface area (Å²) in [6.07, 6.45) is 9.73. The molecule has 1 heterocycles. The van der Waals surface area contributed by atoms with Gasteiger partial charge >= 0.3 is 0 Å². The van der Waals surface area contributed by atoms with Crippen molar-refractivity contribution in [3.63, 3.8) is 0 Å². The van der Waals surface area contributed by atoms with Gasteiger partial charge in [-0.1, -0.05) is 0 Å². The third-order valence-electron chi connectivity index (χ3n) is 5.80. The Morgan fingerprint density at radius 3 is 2.25 bits per heavy atom. The Morgan fingerprint density at radius 1 is 1.25 bits per heavy atom. The average Bonchev–Trinajstić information content (AvgIpc) is 2.68. The van der Waals surface area contributed by atoms with Gasteiger partial charge in [0.25, 0.3) is 5.91 Å². The van der Waals surface area contributed by atoms with Gasteiger partial charge < -0.3 is 11.5 Å². The average molecular weight is 274 g/mol. The van der Waals surface area contributed by atoms with E-state index in [1.165, 1.54) is 44.7 Å². The molecule has 0 saturated heterocycles. The van der Waals surface area contributed by atoms with Gasteiger partial charge in [0.05, 0.1) is 6.20 Å². The highest BCUT2D eigenvalue weighted by Gasteiger charge is 2.51. The van der Waals surface area contributed by atoms with Gasteiger partial charge in [0.2, 0.25) is 0 Å². The molecule has 0 radical (unpaired) electrons. The number of hydrogen-bond acceptors (Lipinski definition) is 3. The quantitative estimate of drug-likeness (QED) is 0.880. The molecule has 0 aromatic carbocycles. The molecule has 0 spiro atoms. The molecule has 4 N–H and O–H groups in total. The lowest BCUT2D eigenvalue weighted by molar-refractivity contribution is -0.0632. The van der Waals surface area contributed by atoms with Crippen LogP contribution in [-0.2, 0) is 6.54 Å². The molecule has 4 aliphatic rings. The Hall–Kier alpha value is -1.52. The highest BCUT2D eigenvalue weighted by atomic mass is 16.1. The number of rotatable bonds is 3. The molecule has 0 aliphatic heterocycles. The van der Waals surface area contributed by atoms with Crippen LogP contribution >= 0.6 is 0 Å². The highest BCUT2D eigenvalue weighted by Crippen LogP contribution is 2.60. The van der Waals surface area contributed by atoms with Crippen LogP contribution in [-0.4, -0.2) is 15.7 Å². The van der Waals surface area contributed by atoms with Crippen LogP contribution in [0.3, 0.4) is 0 Å². The van der Waals surface area contributed by atoms with E-state index < -0.39 is 5.91 Å². The number of nitrogens with two attached hydrogens (primary N) is 2. The number of aromatic nitrogens is 2. The largest absolute Gasteiger partial charge is 0.383 e. The van der Waals surface area contributed by atoms with Crippen LogP contribution in [0, 0.1) is 23.2 Å². The molecule has 1 amide bonds. The Labute approximate surface area is 118 Å². The maximum Gasteiger partial charge on any atom is 0.254 e. The number of carbonyl (C=O) groups excluding carboxylic acids is 1. The number of primary amides is 1. The van der Waals surface area contributed by atoms with E-state index in [0.717, 1.165) is 24.3 Å². The molecule has 4 fully saturated rings. The van der Waals surface area contributed by atoms with E-state index in [2.05, 4.69) is 5.10 Å². The van der Waals surface area contributed by atoms with Crippen LogP contribution < -0.4 is 11.5 Å². The summed E-state index contributed by atoms with van der Waals surface area (Å²) in [6.45, 7) is 0.857. The Bertz CT molecular complexity index is 527. The molecule has 20 heavy (non-hydrogen) atoms. The van der Waals surface area contributed by atoms with Crippen molar-refractivity contribution in [1.29, 1.82) is 0 Å². The molecule has 5 rings (SSSR count). The second-order valence-electron chi connectivity index (χ2n) is 7.38. The van der Waals surface area contributed by atoms with E-state index >= 15 is 0 Å². The highest BCUT2D eigenvalue weighted by molar-refractivity contribution is 5.96. The van der Waals surface area contributed by atoms with E-state index in [-0.39, 0.29) is 0 Å². The molecule has 0 atom stereocenters. The van der Waals surface area contributed by atoms with Crippen LogP contribution in [0.25, 0.3) is 0 Å². The summed E-state index contributed by atoms with van der Waals surface area (Å²) in [5.74, 6) is 2.68. The van der Waals surface area contributed by atoms with Crippen LogP contribution in [0.2, 0.25) is 0 Å². The number of hydrogen-bond donors (Lipinski definition) is 2. The predicted molar refractivity (Wildman–Crippen MR) is 75.8 cm³/mol. The molecule has 108 valence electrons. The second-order valence-corrected chi connectivity index (χ2v) is 7.38. The number of carbonyl (C=O) groups is 1. The lowest BCUT2D eigenvalue weighted by Gasteiger charge is -2.56. The van der Waals surface area contributed by atoms with Crippen molar-refractivity contribution in [3.8, 4) is 0 Å². The molecule has 1 aromatic heterocycles. The molecule has 0 unspecified atom stereocenters. The van der Waals surface area contributed by atoms with Crippen LogP contribution in [0.5, 0.6) is 0 Å². The van der Waals surface area contributed by atoms with Crippen molar-refractivity contribution in [3.05, 3.63) is 11.8 Å². The van der Waals surface area contributed by atoms with Gasteiger partial charge in [-0.25, -0.2) is 4.68 Å². The summed E-state index contributed by atoms with van der Waals surface area (Å²) in [7, 11) is 0. The minimum absolute atomic E-state index is 0.356. The molecular weight excluding hydrogens is 252 g/mol. The van der Waals surface area contributed by atoms with Gasteiger partial charge in [-0.05, 0) is 61.7 Å². The fourth-order valence-corrected chi connectivity index (χ4v) is 5.51. The van der Waals surface area contributed by atoms with E-state index in [9.17, 15) is 4.79 Å². The Balaban J connectivity index is 1.61. The Morgan fingerprint density at radius 2 is 1.80 bits per heavy atom. The van der Waals surface area contributed by atoms with Crippen LogP contribution in [0.1, 0.15) is 48.9 Å². The zero-order valence-corrected chi connectivity index (χ0v) is 11.7. The minimum Gasteiger partial charge on any atom is -0.383 e. The monoisotopic (exact) mass is 274 g/mol. The first-order valence-electron chi connectivity index (χ1n) is 7.66. The van der Waals surface area contributed by atoms with Gasteiger partial charge in [0.1, 0.15) is 11.4 Å². The molecule has 4 bridgehead atoms. The summed E-state index contributed by atoms with van der Waals surface area (Å²) >= 11 is 0. The van der Waals surface area contributed by atoms with Crippen molar-refractivity contribution >= 4 is 11.7 Å². The van der Waals surface area contributed by atoms with Crippen molar-refractivity contribution < 1.29 is 4.79 Å². The van der Waals surface area contributed by atoms with Gasteiger partial charge in [-0.2, -0.15) is 5.10 Å². The smallest absolute Gasteiger partial charge is 0.254 e. The zero-order chi connectivity index (χ0) is 13.9. The molecule has 4 aliphatic carbocycles. The third-order valence-corrected chi connectivity index (χ3v) is 5.80. The normalized spacial score (nSPS) is 38.3. The SMILES string of the molecule is NC(=O)c1cnn(CC23CC4CC(CC(C4)C2)C3)c1N. The van der Waals surface area contributed by atoms with Crippen molar-refractivity contribution in [2.75, 3.05) is 5.73 Å². The molecule has 1 aromatic rings. The summed E-state index contributed by atoms with van der Waals surface area (Å²) in [5.41, 5.74) is 12.1. The first-order chi connectivity index (χ1) is 9.55. The number of nitrogens with zero attached hydrogens (tertiary/aromatic N) is 2. The van der Waals surface area contributed by atoms with Gasteiger partial charge in [-0.3, -0.25) is 4.79 Å². The van der Waals surface area contributed by atoms with Crippen molar-refractivity contribution in [2.45, 2.75) is 45.1 Å². The summed E-state index contributed by atoms with van der Waals surface area (Å²) in [5, 5.41) is 4.30. The van der Waals surface area contributed by atoms with Gasteiger partial charge in [0, 0.05) is 6.54 Å². The summed E-state index contributed by atoms with van der Waals surface area (Å²) in [4.78, 5) is 11.3. The molecule has 5 heteroatoms. The summed E-state index contributed by atoms with van der Waals surface area (Å²) < 4.78 is 1.81. The number of amides is 1. The fraction of sp³-hybridized carbons (Fsp3) is 0.733. The van der Waals surface area contributed by atoms with Crippen molar-refractivity contribution in [1.82, 2.24) is 9.78 Å². The fourth-order valence-electron chi connectivity index (χ4n) is 5.51. The van der Waals surface area contributed by atoms with Crippen molar-refractivity contribution in [2.24, 2.45) is 28.9 Å². The molecule has 4 saturated carbocycles. The predicted octanol–water partition coefficient (Wildman–Crippen LogP) is 1.78. The van der Waals surface area contributed by atoms with E-state index in [4.69, 9.17) is 11.5 Å². The van der Waals surface area contributed by atoms with Crippen LogP contribution in [0.4, 0.5) is 5.82 Å². The first-order valence-corrected chi connectivity index (χ1v) is 7.66. The maximum absolute atomic E-state index is 11.3. The summed E-state index contributed by atoms with van der Waals surface area (Å²) in [6, 6.07) is 0. The van der Waals surface area contributed by atoms with E-state index in [1.54, 1.807) is 0 Å². The lowest BCUT2D eigenvalue weighted by atomic mass is 9.49. The third kappa shape index (κ3) is 1.75. The topological polar surface area (TPSA) is 86.9 Å². The van der Waals surface area contributed by atoms with Gasteiger partial charge in [0.15, 0.2) is 0 Å². The first kappa shape index (κ1) is 12.2. The minimum atomic E-state index is -0.487. The zero-order valence-electron chi connectivity index (χ0n) is 11.7. The number of nitrogen functional groups attached to an aromatic ring is 1. The standard InChI is InChI=1S/C15H22N4O/c16-13-12(14(17)20)7-18-19(13)8-15-4-9-1-10(5-15)3-11(2-9)6-15/h7,9-11H,1-6,8,16H2,(H2,17,20). The molecule has 5 nitrogen and oxygen atoms in total. The lowest BCUT2D eigenvalue weighted by Crippen LogP contribution is -2.48. The second kappa shape index (κ2) is 3.99. The van der Waals surface area contributed by atoms with Gasteiger partial charge in [-0.15, -0.1) is 0 Å². The van der Waals surface area contributed by atoms with E-state index in [0.29, 0.717) is 16.8 Å². The maximum atomic E-state index is 11.3. The van der Waals surface area contributed by atoms with E-state index in [1.807, 2.05) is 4.68 Å².